The maximum atomic E-state index is 13.2. The molecule has 0 spiro atoms. The van der Waals surface area contributed by atoms with Gasteiger partial charge in [0.05, 0.1) is 10.9 Å². The molecule has 1 aliphatic rings. The Balaban J connectivity index is 2.08. The number of carbonyl (C=O) groups is 2. The Hall–Kier alpha value is -2.72. The molecule has 0 aliphatic heterocycles. The number of fused-ring (bicyclic) bond motifs is 2. The standard InChI is InChI=1S/C21H18O3Si/c1-25(2,3)21-16(13-9-5-4-6-10-13)17-18(22)14-11-7-8-12-15(14)19(23)20(17)24-21/h4-12H,1-3H3. The first kappa shape index (κ1) is 15.8. The smallest absolute Gasteiger partial charge is 0.229 e. The fourth-order valence-corrected chi connectivity index (χ4v) is 4.78. The molecule has 0 saturated carbocycles. The molecule has 0 unspecified atom stereocenters. The molecule has 0 bridgehead atoms. The van der Waals surface area contributed by atoms with E-state index in [1.54, 1.807) is 24.3 Å². The van der Waals surface area contributed by atoms with Crippen molar-refractivity contribution < 1.29 is 14.0 Å². The molecule has 3 aromatic rings. The number of hydrogen-bond acceptors (Lipinski definition) is 3. The molecule has 2 aromatic carbocycles. The Kier molecular flexibility index (Phi) is 3.40. The van der Waals surface area contributed by atoms with E-state index in [4.69, 9.17) is 4.42 Å². The van der Waals surface area contributed by atoms with Crippen LogP contribution < -0.4 is 5.38 Å². The van der Waals surface area contributed by atoms with Gasteiger partial charge in [0.1, 0.15) is 8.07 Å². The predicted octanol–water partition coefficient (Wildman–Crippen LogP) is 4.27. The summed E-state index contributed by atoms with van der Waals surface area (Å²) in [6, 6.07) is 16.7. The van der Waals surface area contributed by atoms with Crippen LogP contribution in [0.4, 0.5) is 0 Å². The Morgan fingerprint density at radius 2 is 1.28 bits per heavy atom. The first-order chi connectivity index (χ1) is 11.9. The lowest BCUT2D eigenvalue weighted by molar-refractivity contribution is 0.0961. The molecule has 25 heavy (non-hydrogen) atoms. The largest absolute Gasteiger partial charge is 0.461 e. The Morgan fingerprint density at radius 3 is 1.88 bits per heavy atom. The van der Waals surface area contributed by atoms with E-state index in [9.17, 15) is 9.59 Å². The lowest BCUT2D eigenvalue weighted by Crippen LogP contribution is -2.38. The first-order valence-corrected chi connectivity index (χ1v) is 11.8. The van der Waals surface area contributed by atoms with Crippen LogP contribution in [-0.2, 0) is 0 Å². The van der Waals surface area contributed by atoms with Crippen molar-refractivity contribution in [2.75, 3.05) is 0 Å². The molecular formula is C21H18O3Si. The summed E-state index contributed by atoms with van der Waals surface area (Å²) in [5, 5.41) is 0.804. The third-order valence-corrected chi connectivity index (χ3v) is 6.22. The van der Waals surface area contributed by atoms with Crippen molar-refractivity contribution in [2.24, 2.45) is 0 Å². The minimum absolute atomic E-state index is 0.127. The highest BCUT2D eigenvalue weighted by molar-refractivity contribution is 6.89. The second kappa shape index (κ2) is 5.39. The van der Waals surface area contributed by atoms with Gasteiger partial charge in [-0.3, -0.25) is 9.59 Å². The molecule has 4 heteroatoms. The topological polar surface area (TPSA) is 47.3 Å². The van der Waals surface area contributed by atoms with Crippen LogP contribution in [0.15, 0.2) is 59.0 Å². The second-order valence-electron chi connectivity index (χ2n) is 7.33. The molecule has 1 heterocycles. The minimum atomic E-state index is -1.91. The SMILES string of the molecule is C[Si](C)(C)c1oc2c(c1-c1ccccc1)C(=O)c1ccccc1C2=O. The van der Waals surface area contributed by atoms with Crippen molar-refractivity contribution in [3.8, 4) is 11.1 Å². The molecule has 0 N–H and O–H groups in total. The molecule has 4 rings (SSSR count). The summed E-state index contributed by atoms with van der Waals surface area (Å²) in [4.78, 5) is 26.1. The number of hydrogen-bond donors (Lipinski definition) is 0. The Labute approximate surface area is 147 Å². The average Bonchev–Trinajstić information content (AvgIpc) is 3.02. The lowest BCUT2D eigenvalue weighted by Gasteiger charge is -2.16. The zero-order chi connectivity index (χ0) is 17.8. The molecule has 0 radical (unpaired) electrons. The fraction of sp³-hybridized carbons (Fsp3) is 0.143. The maximum absolute atomic E-state index is 13.2. The number of carbonyl (C=O) groups excluding carboxylic acids is 2. The van der Waals surface area contributed by atoms with Crippen LogP contribution >= 0.6 is 0 Å². The summed E-state index contributed by atoms with van der Waals surface area (Å²) >= 11 is 0. The van der Waals surface area contributed by atoms with E-state index >= 15 is 0 Å². The summed E-state index contributed by atoms with van der Waals surface area (Å²) in [5.41, 5.74) is 3.02. The van der Waals surface area contributed by atoms with Gasteiger partial charge < -0.3 is 4.42 Å². The van der Waals surface area contributed by atoms with Gasteiger partial charge in [-0.2, -0.15) is 0 Å². The maximum Gasteiger partial charge on any atom is 0.229 e. The number of ketones is 2. The summed E-state index contributed by atoms with van der Waals surface area (Å²) < 4.78 is 6.09. The molecule has 0 atom stereocenters. The van der Waals surface area contributed by atoms with Gasteiger partial charge in [-0.1, -0.05) is 74.2 Å². The van der Waals surface area contributed by atoms with Gasteiger partial charge >= 0.3 is 0 Å². The Bertz CT molecular complexity index is 1010. The first-order valence-electron chi connectivity index (χ1n) is 8.30. The van der Waals surface area contributed by atoms with Gasteiger partial charge in [0.25, 0.3) is 0 Å². The summed E-state index contributed by atoms with van der Waals surface area (Å²) in [7, 11) is -1.91. The zero-order valence-electron chi connectivity index (χ0n) is 14.4. The molecule has 124 valence electrons. The van der Waals surface area contributed by atoms with Gasteiger partial charge in [0.15, 0.2) is 11.5 Å². The predicted molar refractivity (Wildman–Crippen MR) is 100 cm³/mol. The number of furan rings is 1. The van der Waals surface area contributed by atoms with E-state index in [1.165, 1.54) is 0 Å². The van der Waals surface area contributed by atoms with Crippen molar-refractivity contribution in [1.82, 2.24) is 0 Å². The van der Waals surface area contributed by atoms with E-state index in [2.05, 4.69) is 19.6 Å². The minimum Gasteiger partial charge on any atom is -0.461 e. The number of rotatable bonds is 2. The third kappa shape index (κ3) is 2.33. The third-order valence-electron chi connectivity index (χ3n) is 4.50. The molecule has 0 saturated heterocycles. The monoisotopic (exact) mass is 346 g/mol. The lowest BCUT2D eigenvalue weighted by atomic mass is 9.85. The fourth-order valence-electron chi connectivity index (χ4n) is 3.35. The van der Waals surface area contributed by atoms with E-state index in [1.807, 2.05) is 30.3 Å². The highest BCUT2D eigenvalue weighted by Gasteiger charge is 2.40. The molecule has 3 nitrogen and oxygen atoms in total. The van der Waals surface area contributed by atoms with Crippen molar-refractivity contribution in [3.05, 3.63) is 77.0 Å². The molecule has 1 aromatic heterocycles. The van der Waals surface area contributed by atoms with Crippen molar-refractivity contribution in [1.29, 1.82) is 0 Å². The summed E-state index contributed by atoms with van der Waals surface area (Å²) in [5.74, 6) is -0.135. The van der Waals surface area contributed by atoms with Crippen LogP contribution in [-0.4, -0.2) is 19.6 Å². The van der Waals surface area contributed by atoms with Crippen molar-refractivity contribution in [3.63, 3.8) is 0 Å². The quantitative estimate of drug-likeness (QED) is 0.509. The molecule has 1 aliphatic carbocycles. The summed E-state index contributed by atoms with van der Waals surface area (Å²) in [6.07, 6.45) is 0. The van der Waals surface area contributed by atoms with Crippen molar-refractivity contribution >= 4 is 25.0 Å². The van der Waals surface area contributed by atoms with Crippen LogP contribution in [0.3, 0.4) is 0 Å². The van der Waals surface area contributed by atoms with Crippen LogP contribution in [0.25, 0.3) is 11.1 Å². The van der Waals surface area contributed by atoms with Gasteiger partial charge in [0, 0.05) is 16.7 Å². The highest BCUT2D eigenvalue weighted by atomic mass is 28.3. The van der Waals surface area contributed by atoms with Gasteiger partial charge in [0.2, 0.25) is 5.78 Å². The van der Waals surface area contributed by atoms with E-state index in [-0.39, 0.29) is 17.3 Å². The molecular weight excluding hydrogens is 328 g/mol. The summed E-state index contributed by atoms with van der Waals surface area (Å²) in [6.45, 7) is 6.48. The van der Waals surface area contributed by atoms with Crippen LogP contribution in [0.1, 0.15) is 32.0 Å². The van der Waals surface area contributed by atoms with Crippen molar-refractivity contribution in [2.45, 2.75) is 19.6 Å². The average molecular weight is 346 g/mol. The van der Waals surface area contributed by atoms with E-state index in [0.29, 0.717) is 16.7 Å². The second-order valence-corrected chi connectivity index (χ2v) is 12.3. The number of benzene rings is 2. The normalized spacial score (nSPS) is 13.6. The highest BCUT2D eigenvalue weighted by Crippen LogP contribution is 2.36. The van der Waals surface area contributed by atoms with Crippen LogP contribution in [0, 0.1) is 0 Å². The van der Waals surface area contributed by atoms with Gasteiger partial charge in [-0.25, -0.2) is 0 Å². The van der Waals surface area contributed by atoms with Gasteiger partial charge in [-0.05, 0) is 5.56 Å². The molecule has 0 fully saturated rings. The zero-order valence-corrected chi connectivity index (χ0v) is 15.4. The van der Waals surface area contributed by atoms with Gasteiger partial charge in [-0.15, -0.1) is 0 Å². The molecule has 0 amide bonds. The van der Waals surface area contributed by atoms with Crippen LogP contribution in [0.5, 0.6) is 0 Å². The Morgan fingerprint density at radius 1 is 0.720 bits per heavy atom. The van der Waals surface area contributed by atoms with E-state index in [0.717, 1.165) is 16.5 Å². The van der Waals surface area contributed by atoms with E-state index < -0.39 is 8.07 Å². The van der Waals surface area contributed by atoms with Crippen LogP contribution in [0.2, 0.25) is 19.6 Å².